The molecule has 0 aliphatic heterocycles. The Morgan fingerprint density at radius 2 is 0.918 bits per heavy atom. The number of rotatable bonds is 34. The fraction of sp³-hybridized carbons (Fsp3) is 0.622. The molecule has 0 aromatic carbocycles. The van der Waals surface area contributed by atoms with Gasteiger partial charge in [0.1, 0.15) is 0 Å². The Hall–Kier alpha value is -2.69. The third kappa shape index (κ3) is 36.4. The van der Waals surface area contributed by atoms with Gasteiger partial charge in [0.05, 0.1) is 18.8 Å². The molecule has 0 saturated carbocycles. The zero-order chi connectivity index (χ0) is 35.7. The van der Waals surface area contributed by atoms with E-state index in [9.17, 15) is 15.0 Å². The molecule has 0 aromatic heterocycles. The first-order valence-electron chi connectivity index (χ1n) is 20.0. The standard InChI is InChI=1S/C45H75NO3/c1-3-5-7-9-11-13-15-17-19-21-23-25-27-29-31-33-35-37-39-41-45(49)46-43(42-47)44(48)40-38-36-34-32-30-28-26-24-22-20-18-16-14-12-10-8-6-4-2/h5,7,11,13,17,19,22-25,29-32,38,40,43-44,47-48H,3-4,6,8-10,12,14-16,18,20-21,26-28,33-37,39,41-42H2,1-2H3,(H,46,49)/b7-5-,13-11-,19-17-,24-22+,25-23-,31-29-,32-30+,40-38+. The van der Waals surface area contributed by atoms with Crippen molar-refractivity contribution in [3.8, 4) is 0 Å². The lowest BCUT2D eigenvalue weighted by Crippen LogP contribution is -2.45. The number of aliphatic hydroxyl groups is 2. The van der Waals surface area contributed by atoms with Crippen LogP contribution < -0.4 is 5.32 Å². The van der Waals surface area contributed by atoms with Crippen molar-refractivity contribution < 1.29 is 15.0 Å². The maximum absolute atomic E-state index is 12.3. The van der Waals surface area contributed by atoms with Gasteiger partial charge in [0, 0.05) is 6.42 Å². The number of allylic oxidation sites excluding steroid dienone is 15. The summed E-state index contributed by atoms with van der Waals surface area (Å²) in [5, 5.41) is 22.9. The van der Waals surface area contributed by atoms with Crippen LogP contribution in [0, 0.1) is 0 Å². The number of hydrogen-bond acceptors (Lipinski definition) is 3. The minimum Gasteiger partial charge on any atom is -0.394 e. The molecule has 278 valence electrons. The molecule has 4 heteroatoms. The van der Waals surface area contributed by atoms with Crippen molar-refractivity contribution in [2.75, 3.05) is 6.61 Å². The smallest absolute Gasteiger partial charge is 0.220 e. The molecule has 0 radical (unpaired) electrons. The van der Waals surface area contributed by atoms with E-state index in [1.807, 2.05) is 6.08 Å². The van der Waals surface area contributed by atoms with E-state index in [0.29, 0.717) is 6.42 Å². The Morgan fingerprint density at radius 1 is 0.510 bits per heavy atom. The summed E-state index contributed by atoms with van der Waals surface area (Å²) >= 11 is 0. The quantitative estimate of drug-likeness (QED) is 0.0469. The summed E-state index contributed by atoms with van der Waals surface area (Å²) < 4.78 is 0. The lowest BCUT2D eigenvalue weighted by molar-refractivity contribution is -0.123. The Kier molecular flexibility index (Phi) is 37.6. The molecule has 3 N–H and O–H groups in total. The molecule has 0 bridgehead atoms. The topological polar surface area (TPSA) is 69.6 Å². The first-order chi connectivity index (χ1) is 24.2. The maximum atomic E-state index is 12.3. The summed E-state index contributed by atoms with van der Waals surface area (Å²) in [7, 11) is 0. The number of aliphatic hydroxyl groups excluding tert-OH is 2. The van der Waals surface area contributed by atoms with Crippen molar-refractivity contribution in [1.29, 1.82) is 0 Å². The molecule has 2 unspecified atom stereocenters. The first-order valence-corrected chi connectivity index (χ1v) is 20.0. The van der Waals surface area contributed by atoms with Crippen LogP contribution in [0.5, 0.6) is 0 Å². The predicted octanol–water partition coefficient (Wildman–Crippen LogP) is 12.3. The first kappa shape index (κ1) is 46.3. The third-order valence-corrected chi connectivity index (χ3v) is 8.28. The van der Waals surface area contributed by atoms with Crippen LogP contribution in [0.15, 0.2) is 97.2 Å². The number of hydrogen-bond donors (Lipinski definition) is 3. The molecule has 0 heterocycles. The van der Waals surface area contributed by atoms with E-state index in [4.69, 9.17) is 0 Å². The second-order valence-corrected chi connectivity index (χ2v) is 12.9. The van der Waals surface area contributed by atoms with E-state index in [0.717, 1.165) is 83.5 Å². The van der Waals surface area contributed by atoms with Gasteiger partial charge in [0.15, 0.2) is 0 Å². The van der Waals surface area contributed by atoms with Crippen LogP contribution >= 0.6 is 0 Å². The molecule has 0 spiro atoms. The average molecular weight is 678 g/mol. The summed E-state index contributed by atoms with van der Waals surface area (Å²) in [6.45, 7) is 4.14. The summed E-state index contributed by atoms with van der Waals surface area (Å²) in [5.74, 6) is -0.115. The maximum Gasteiger partial charge on any atom is 0.220 e. The van der Waals surface area contributed by atoms with Gasteiger partial charge in [0.2, 0.25) is 5.91 Å². The fourth-order valence-corrected chi connectivity index (χ4v) is 5.23. The number of amides is 1. The molecule has 2 atom stereocenters. The highest BCUT2D eigenvalue weighted by atomic mass is 16.3. The van der Waals surface area contributed by atoms with Gasteiger partial charge in [-0.2, -0.15) is 0 Å². The lowest BCUT2D eigenvalue weighted by Gasteiger charge is -2.19. The van der Waals surface area contributed by atoms with Crippen LogP contribution in [0.2, 0.25) is 0 Å². The number of unbranched alkanes of at least 4 members (excludes halogenated alkanes) is 13. The van der Waals surface area contributed by atoms with Crippen molar-refractivity contribution in [1.82, 2.24) is 5.32 Å². The molecular formula is C45H75NO3. The largest absolute Gasteiger partial charge is 0.394 e. The molecule has 4 nitrogen and oxygen atoms in total. The van der Waals surface area contributed by atoms with Gasteiger partial charge >= 0.3 is 0 Å². The summed E-state index contributed by atoms with van der Waals surface area (Å²) in [4.78, 5) is 12.3. The molecule has 1 amide bonds. The van der Waals surface area contributed by atoms with Crippen LogP contribution in [0.1, 0.15) is 162 Å². The summed E-state index contributed by atoms with van der Waals surface area (Å²) in [5.41, 5.74) is 0. The molecule has 0 saturated heterocycles. The van der Waals surface area contributed by atoms with Crippen molar-refractivity contribution in [3.05, 3.63) is 97.2 Å². The molecule has 0 aromatic rings. The van der Waals surface area contributed by atoms with Crippen molar-refractivity contribution in [2.45, 2.75) is 174 Å². The van der Waals surface area contributed by atoms with Gasteiger partial charge < -0.3 is 15.5 Å². The number of carbonyl (C=O) groups excluding carboxylic acids is 1. The predicted molar refractivity (Wildman–Crippen MR) is 216 cm³/mol. The zero-order valence-corrected chi connectivity index (χ0v) is 31.7. The Morgan fingerprint density at radius 3 is 1.43 bits per heavy atom. The minimum atomic E-state index is -0.889. The van der Waals surface area contributed by atoms with Crippen molar-refractivity contribution in [3.63, 3.8) is 0 Å². The zero-order valence-electron chi connectivity index (χ0n) is 31.7. The molecule has 0 aliphatic rings. The molecule has 0 aliphatic carbocycles. The van der Waals surface area contributed by atoms with E-state index in [2.05, 4.69) is 104 Å². The Balaban J connectivity index is 3.80. The van der Waals surface area contributed by atoms with Crippen molar-refractivity contribution >= 4 is 5.91 Å². The molecule has 49 heavy (non-hydrogen) atoms. The third-order valence-electron chi connectivity index (χ3n) is 8.28. The fourth-order valence-electron chi connectivity index (χ4n) is 5.23. The van der Waals surface area contributed by atoms with Gasteiger partial charge in [-0.1, -0.05) is 162 Å². The second kappa shape index (κ2) is 39.7. The summed E-state index contributed by atoms with van der Waals surface area (Å²) in [6.07, 6.45) is 59.2. The van der Waals surface area contributed by atoms with Crippen LogP contribution in [-0.4, -0.2) is 34.9 Å². The van der Waals surface area contributed by atoms with Gasteiger partial charge in [-0.15, -0.1) is 0 Å². The highest BCUT2D eigenvalue weighted by Crippen LogP contribution is 2.10. The molecule has 0 fully saturated rings. The SMILES string of the molecule is CC/C=C\C/C=C\C/C=C\C/C=C\C/C=C\CCCCCC(=O)NC(CO)C(O)/C=C/CC/C=C/CC/C=C/CCCCCCCCCC. The van der Waals surface area contributed by atoms with Gasteiger partial charge in [-0.3, -0.25) is 4.79 Å². The Labute approximate surface area is 303 Å². The Bertz CT molecular complexity index is 952. The molecule has 0 rings (SSSR count). The second-order valence-electron chi connectivity index (χ2n) is 12.9. The molecular weight excluding hydrogens is 602 g/mol. The van der Waals surface area contributed by atoms with Crippen LogP contribution in [0.3, 0.4) is 0 Å². The highest BCUT2D eigenvalue weighted by Gasteiger charge is 2.17. The average Bonchev–Trinajstić information content (AvgIpc) is 3.10. The van der Waals surface area contributed by atoms with Gasteiger partial charge in [-0.25, -0.2) is 0 Å². The normalized spacial score (nSPS) is 14.1. The van der Waals surface area contributed by atoms with E-state index >= 15 is 0 Å². The van der Waals surface area contributed by atoms with E-state index in [1.165, 1.54) is 57.8 Å². The minimum absolute atomic E-state index is 0.115. The van der Waals surface area contributed by atoms with E-state index < -0.39 is 12.1 Å². The lowest BCUT2D eigenvalue weighted by atomic mass is 10.1. The van der Waals surface area contributed by atoms with Gasteiger partial charge in [0.25, 0.3) is 0 Å². The number of nitrogens with one attached hydrogen (secondary N) is 1. The van der Waals surface area contributed by atoms with E-state index in [-0.39, 0.29) is 12.5 Å². The summed E-state index contributed by atoms with van der Waals surface area (Å²) in [6, 6.07) is -0.668. The van der Waals surface area contributed by atoms with Crippen molar-refractivity contribution in [2.24, 2.45) is 0 Å². The van der Waals surface area contributed by atoms with Crippen LogP contribution in [-0.2, 0) is 4.79 Å². The highest BCUT2D eigenvalue weighted by molar-refractivity contribution is 5.76. The van der Waals surface area contributed by atoms with Crippen LogP contribution in [0.4, 0.5) is 0 Å². The van der Waals surface area contributed by atoms with Crippen LogP contribution in [0.25, 0.3) is 0 Å². The van der Waals surface area contributed by atoms with Gasteiger partial charge in [-0.05, 0) is 89.9 Å². The number of carbonyl (C=O) groups is 1. The monoisotopic (exact) mass is 678 g/mol. The van der Waals surface area contributed by atoms with E-state index in [1.54, 1.807) is 6.08 Å².